The average molecular weight is 117 g/mol. The molecule has 0 nitrogen and oxygen atoms in total. The van der Waals surface area contributed by atoms with Crippen LogP contribution in [0.2, 0.25) is 0 Å². The van der Waals surface area contributed by atoms with E-state index in [0.717, 1.165) is 12.8 Å². The van der Waals surface area contributed by atoms with Crippen LogP contribution in [-0.4, -0.2) is 5.25 Å². The predicted molar refractivity (Wildman–Crippen MR) is 37.7 cm³/mol. The molecule has 0 aliphatic carbocycles. The maximum Gasteiger partial charge on any atom is 0.00141 e. The summed E-state index contributed by atoms with van der Waals surface area (Å²) in [4.78, 5) is 0. The highest BCUT2D eigenvalue weighted by Crippen LogP contribution is 2.06. The summed E-state index contributed by atoms with van der Waals surface area (Å²) in [5.41, 5.74) is 0. The molecule has 0 aromatic carbocycles. The molecule has 43 valence electrons. The third kappa shape index (κ3) is 4.20. The molecular formula is C6H13S. The van der Waals surface area contributed by atoms with Crippen LogP contribution in [0.1, 0.15) is 26.2 Å². The van der Waals surface area contributed by atoms with E-state index in [4.69, 9.17) is 0 Å². The molecular weight excluding hydrogens is 104 g/mol. The standard InChI is InChI=1S/C6H13S/c1-3-5-6(7)4-2/h6-7H,1,3-5H2,2H3. The van der Waals surface area contributed by atoms with E-state index in [1.54, 1.807) is 0 Å². The zero-order valence-corrected chi connectivity index (χ0v) is 5.75. The van der Waals surface area contributed by atoms with Crippen LogP contribution in [-0.2, 0) is 0 Å². The number of rotatable bonds is 3. The zero-order valence-electron chi connectivity index (χ0n) is 4.85. The van der Waals surface area contributed by atoms with E-state index in [2.05, 4.69) is 26.5 Å². The van der Waals surface area contributed by atoms with Crippen molar-refractivity contribution in [2.24, 2.45) is 0 Å². The Hall–Kier alpha value is 0.350. The third-order valence-electron chi connectivity index (χ3n) is 1.01. The normalized spacial score (nSPS) is 14.1. The third-order valence-corrected chi connectivity index (χ3v) is 1.63. The molecule has 0 amide bonds. The highest BCUT2D eigenvalue weighted by atomic mass is 32.1. The molecule has 0 aromatic rings. The predicted octanol–water partition coefficient (Wildman–Crippen LogP) is 2.31. The van der Waals surface area contributed by atoms with E-state index in [-0.39, 0.29) is 0 Å². The molecule has 0 fully saturated rings. The monoisotopic (exact) mass is 117 g/mol. The maximum absolute atomic E-state index is 4.27. The van der Waals surface area contributed by atoms with E-state index >= 15 is 0 Å². The molecule has 1 heteroatoms. The summed E-state index contributed by atoms with van der Waals surface area (Å²) in [5.74, 6) is 0. The smallest absolute Gasteiger partial charge is 0.00141 e. The molecule has 0 heterocycles. The van der Waals surface area contributed by atoms with Crippen molar-refractivity contribution in [2.45, 2.75) is 31.4 Å². The lowest BCUT2D eigenvalue weighted by Gasteiger charge is -2.01. The fraction of sp³-hybridized carbons (Fsp3) is 0.833. The summed E-state index contributed by atoms with van der Waals surface area (Å²) >= 11 is 4.27. The first-order chi connectivity index (χ1) is 3.31. The summed E-state index contributed by atoms with van der Waals surface area (Å²) < 4.78 is 0. The Bertz CT molecular complexity index is 35.2. The summed E-state index contributed by atoms with van der Waals surface area (Å²) in [6, 6.07) is 0. The van der Waals surface area contributed by atoms with Crippen LogP contribution >= 0.6 is 12.6 Å². The van der Waals surface area contributed by atoms with Crippen LogP contribution in [0, 0.1) is 6.92 Å². The van der Waals surface area contributed by atoms with Gasteiger partial charge in [-0.05, 0) is 12.8 Å². The average Bonchev–Trinajstić information content (AvgIpc) is 1.68. The van der Waals surface area contributed by atoms with Gasteiger partial charge < -0.3 is 0 Å². The molecule has 0 aliphatic rings. The van der Waals surface area contributed by atoms with Gasteiger partial charge in [-0.25, -0.2) is 0 Å². The Morgan fingerprint density at radius 1 is 1.71 bits per heavy atom. The van der Waals surface area contributed by atoms with E-state index in [1.807, 2.05) is 0 Å². The van der Waals surface area contributed by atoms with Crippen molar-refractivity contribution in [1.82, 2.24) is 0 Å². The second-order valence-corrected chi connectivity index (χ2v) is 2.43. The highest BCUT2D eigenvalue weighted by molar-refractivity contribution is 7.80. The van der Waals surface area contributed by atoms with Crippen LogP contribution in [0.25, 0.3) is 0 Å². The lowest BCUT2D eigenvalue weighted by molar-refractivity contribution is 0.752. The number of hydrogen-bond acceptors (Lipinski definition) is 1. The van der Waals surface area contributed by atoms with Crippen molar-refractivity contribution in [3.63, 3.8) is 0 Å². The molecule has 1 radical (unpaired) electrons. The van der Waals surface area contributed by atoms with Crippen LogP contribution in [0.4, 0.5) is 0 Å². The molecule has 0 aromatic heterocycles. The molecule has 0 saturated heterocycles. The molecule has 0 saturated carbocycles. The molecule has 1 unspecified atom stereocenters. The van der Waals surface area contributed by atoms with Crippen LogP contribution in [0.15, 0.2) is 0 Å². The Labute approximate surface area is 51.7 Å². The van der Waals surface area contributed by atoms with Gasteiger partial charge >= 0.3 is 0 Å². The second-order valence-electron chi connectivity index (χ2n) is 1.70. The van der Waals surface area contributed by atoms with Crippen molar-refractivity contribution < 1.29 is 0 Å². The van der Waals surface area contributed by atoms with E-state index in [1.165, 1.54) is 6.42 Å². The van der Waals surface area contributed by atoms with E-state index < -0.39 is 0 Å². The zero-order chi connectivity index (χ0) is 5.70. The van der Waals surface area contributed by atoms with Crippen molar-refractivity contribution >= 4 is 12.6 Å². The van der Waals surface area contributed by atoms with Gasteiger partial charge in [0.15, 0.2) is 0 Å². The van der Waals surface area contributed by atoms with Crippen LogP contribution in [0.5, 0.6) is 0 Å². The molecule has 1 atom stereocenters. The molecule has 0 N–H and O–H groups in total. The fourth-order valence-corrected chi connectivity index (χ4v) is 0.622. The molecule has 0 bridgehead atoms. The van der Waals surface area contributed by atoms with Gasteiger partial charge in [0.25, 0.3) is 0 Å². The van der Waals surface area contributed by atoms with Gasteiger partial charge in [-0.2, -0.15) is 12.6 Å². The Balaban J connectivity index is 2.83. The summed E-state index contributed by atoms with van der Waals surface area (Å²) in [6.07, 6.45) is 3.33. The Kier molecular flexibility index (Phi) is 4.73. The Morgan fingerprint density at radius 3 is 2.43 bits per heavy atom. The first-order valence-corrected chi connectivity index (χ1v) is 3.30. The van der Waals surface area contributed by atoms with E-state index in [0.29, 0.717) is 5.25 Å². The van der Waals surface area contributed by atoms with Crippen molar-refractivity contribution in [1.29, 1.82) is 0 Å². The van der Waals surface area contributed by atoms with Crippen LogP contribution in [0.3, 0.4) is 0 Å². The lowest BCUT2D eigenvalue weighted by Crippen LogP contribution is -1.92. The Morgan fingerprint density at radius 2 is 2.29 bits per heavy atom. The topological polar surface area (TPSA) is 0 Å². The number of hydrogen-bond donors (Lipinski definition) is 1. The molecule has 0 rings (SSSR count). The second kappa shape index (κ2) is 4.51. The quantitative estimate of drug-likeness (QED) is 0.539. The summed E-state index contributed by atoms with van der Waals surface area (Å²) in [7, 11) is 0. The largest absolute Gasteiger partial charge is 0.176 e. The fourth-order valence-electron chi connectivity index (χ4n) is 0.440. The molecule has 7 heavy (non-hydrogen) atoms. The van der Waals surface area contributed by atoms with Crippen molar-refractivity contribution in [3.8, 4) is 0 Å². The van der Waals surface area contributed by atoms with Gasteiger partial charge in [-0.3, -0.25) is 0 Å². The summed E-state index contributed by atoms with van der Waals surface area (Å²) in [5, 5.41) is 0.581. The van der Waals surface area contributed by atoms with Gasteiger partial charge in [-0.1, -0.05) is 20.3 Å². The first kappa shape index (κ1) is 7.35. The number of thiol groups is 1. The minimum Gasteiger partial charge on any atom is -0.176 e. The van der Waals surface area contributed by atoms with Crippen molar-refractivity contribution in [2.75, 3.05) is 0 Å². The van der Waals surface area contributed by atoms with Gasteiger partial charge in [0.2, 0.25) is 0 Å². The van der Waals surface area contributed by atoms with Crippen molar-refractivity contribution in [3.05, 3.63) is 6.92 Å². The first-order valence-electron chi connectivity index (χ1n) is 2.78. The maximum atomic E-state index is 4.27. The van der Waals surface area contributed by atoms with Crippen LogP contribution < -0.4 is 0 Å². The van der Waals surface area contributed by atoms with Gasteiger partial charge in [0.05, 0.1) is 0 Å². The lowest BCUT2D eigenvalue weighted by atomic mass is 10.2. The van der Waals surface area contributed by atoms with Gasteiger partial charge in [0.1, 0.15) is 0 Å². The van der Waals surface area contributed by atoms with Gasteiger partial charge in [0, 0.05) is 5.25 Å². The molecule has 0 spiro atoms. The summed E-state index contributed by atoms with van der Waals surface area (Å²) in [6.45, 7) is 5.87. The highest BCUT2D eigenvalue weighted by Gasteiger charge is 1.93. The van der Waals surface area contributed by atoms with E-state index in [9.17, 15) is 0 Å². The molecule has 0 aliphatic heterocycles. The minimum absolute atomic E-state index is 0.581. The SMILES string of the molecule is [CH2]CCC(S)CC. The minimum atomic E-state index is 0.581. The van der Waals surface area contributed by atoms with Gasteiger partial charge in [-0.15, -0.1) is 0 Å².